The molecule has 0 bridgehead atoms. The van der Waals surface area contributed by atoms with Gasteiger partial charge in [-0.05, 0) is 15.9 Å². The van der Waals surface area contributed by atoms with E-state index in [1.165, 1.54) is 0 Å². The van der Waals surface area contributed by atoms with Crippen molar-refractivity contribution in [2.24, 2.45) is 4.99 Å². The van der Waals surface area contributed by atoms with Gasteiger partial charge in [0, 0.05) is 14.1 Å². The van der Waals surface area contributed by atoms with Gasteiger partial charge in [-0.3, -0.25) is 0 Å². The Hall–Kier alpha value is -0.970. The number of rotatable bonds is 2. The van der Waals surface area contributed by atoms with Crippen LogP contribution in [0.5, 0.6) is 0 Å². The van der Waals surface area contributed by atoms with Crippen LogP contribution in [0, 0.1) is 0 Å². The van der Waals surface area contributed by atoms with Crippen molar-refractivity contribution in [2.75, 3.05) is 14.1 Å². The second-order valence-electron chi connectivity index (χ2n) is 2.42. The molecule has 12 heavy (non-hydrogen) atoms. The maximum Gasteiger partial charge on any atom is 0.196 e. The standard InChI is InChI=1S/C7H9BrN4/c1-12(2)5-11-6-3-9-7(8)10-4-6/h3-5H,1-2H3. The molecule has 0 spiro atoms. The molecule has 0 saturated heterocycles. The molecular weight excluding hydrogens is 220 g/mol. The van der Waals surface area contributed by atoms with Gasteiger partial charge in [-0.25, -0.2) is 15.0 Å². The van der Waals surface area contributed by atoms with Crippen molar-refractivity contribution in [3.05, 3.63) is 17.1 Å². The second kappa shape index (κ2) is 4.15. The summed E-state index contributed by atoms with van der Waals surface area (Å²) in [5.74, 6) is 0. The van der Waals surface area contributed by atoms with Gasteiger partial charge in [0.15, 0.2) is 4.73 Å². The van der Waals surface area contributed by atoms with E-state index >= 15 is 0 Å². The predicted molar refractivity (Wildman–Crippen MR) is 51.6 cm³/mol. The predicted octanol–water partition coefficient (Wildman–Crippen LogP) is 1.46. The van der Waals surface area contributed by atoms with Gasteiger partial charge in [0.25, 0.3) is 0 Å². The zero-order valence-corrected chi connectivity index (χ0v) is 8.48. The van der Waals surface area contributed by atoms with Crippen LogP contribution in [0.1, 0.15) is 0 Å². The Kier molecular flexibility index (Phi) is 3.16. The molecule has 0 radical (unpaired) electrons. The average molecular weight is 229 g/mol. The highest BCUT2D eigenvalue weighted by atomic mass is 79.9. The monoisotopic (exact) mass is 228 g/mol. The molecule has 0 fully saturated rings. The molecule has 5 heteroatoms. The molecule has 64 valence electrons. The van der Waals surface area contributed by atoms with E-state index in [4.69, 9.17) is 0 Å². The van der Waals surface area contributed by atoms with Gasteiger partial charge in [0.05, 0.1) is 18.7 Å². The normalized spacial score (nSPS) is 10.6. The molecule has 0 aliphatic rings. The van der Waals surface area contributed by atoms with E-state index in [9.17, 15) is 0 Å². The van der Waals surface area contributed by atoms with Gasteiger partial charge in [-0.1, -0.05) is 0 Å². The van der Waals surface area contributed by atoms with Crippen molar-refractivity contribution in [1.82, 2.24) is 14.9 Å². The van der Waals surface area contributed by atoms with Crippen molar-refractivity contribution < 1.29 is 0 Å². The van der Waals surface area contributed by atoms with E-state index in [-0.39, 0.29) is 0 Å². The molecular formula is C7H9BrN4. The van der Waals surface area contributed by atoms with Gasteiger partial charge in [0.1, 0.15) is 5.69 Å². The topological polar surface area (TPSA) is 41.4 Å². The third-order valence-electron chi connectivity index (χ3n) is 1.04. The van der Waals surface area contributed by atoms with Crippen molar-refractivity contribution in [3.8, 4) is 0 Å². The summed E-state index contributed by atoms with van der Waals surface area (Å²) in [4.78, 5) is 13.8. The van der Waals surface area contributed by atoms with Crippen LogP contribution in [0.3, 0.4) is 0 Å². The molecule has 0 amide bonds. The molecule has 0 aliphatic carbocycles. The lowest BCUT2D eigenvalue weighted by atomic mass is 10.6. The largest absolute Gasteiger partial charge is 0.369 e. The first kappa shape index (κ1) is 9.12. The van der Waals surface area contributed by atoms with E-state index < -0.39 is 0 Å². The van der Waals surface area contributed by atoms with Crippen LogP contribution < -0.4 is 0 Å². The molecule has 0 aromatic carbocycles. The third-order valence-corrected chi connectivity index (χ3v) is 1.45. The Morgan fingerprint density at radius 3 is 2.50 bits per heavy atom. The Morgan fingerprint density at radius 1 is 1.42 bits per heavy atom. The van der Waals surface area contributed by atoms with Crippen molar-refractivity contribution in [1.29, 1.82) is 0 Å². The van der Waals surface area contributed by atoms with E-state index in [0.717, 1.165) is 5.69 Å². The molecule has 1 rings (SSSR count). The minimum Gasteiger partial charge on any atom is -0.369 e. The Bertz CT molecular complexity index is 267. The fraction of sp³-hybridized carbons (Fsp3) is 0.286. The van der Waals surface area contributed by atoms with Gasteiger partial charge in [0.2, 0.25) is 0 Å². The van der Waals surface area contributed by atoms with E-state index in [0.29, 0.717) is 4.73 Å². The zero-order chi connectivity index (χ0) is 8.97. The average Bonchev–Trinajstić information content (AvgIpc) is 2.03. The quantitative estimate of drug-likeness (QED) is 0.438. The lowest BCUT2D eigenvalue weighted by Crippen LogP contribution is -2.06. The second-order valence-corrected chi connectivity index (χ2v) is 3.13. The highest BCUT2D eigenvalue weighted by molar-refractivity contribution is 9.10. The Balaban J connectivity index is 2.71. The first-order chi connectivity index (χ1) is 5.68. The molecule has 4 nitrogen and oxygen atoms in total. The maximum absolute atomic E-state index is 4.10. The van der Waals surface area contributed by atoms with Crippen molar-refractivity contribution in [3.63, 3.8) is 0 Å². The van der Waals surface area contributed by atoms with E-state index in [2.05, 4.69) is 30.9 Å². The summed E-state index contributed by atoms with van der Waals surface area (Å²) in [5.41, 5.74) is 0.743. The summed E-state index contributed by atoms with van der Waals surface area (Å²) in [5, 5.41) is 0. The van der Waals surface area contributed by atoms with Gasteiger partial charge >= 0.3 is 0 Å². The molecule has 0 unspecified atom stereocenters. The molecule has 1 aromatic rings. The Morgan fingerprint density at radius 2 is 2.00 bits per heavy atom. The molecule has 0 N–H and O–H groups in total. The van der Waals surface area contributed by atoms with E-state index in [1.54, 1.807) is 18.7 Å². The maximum atomic E-state index is 4.10. The molecule has 0 aliphatic heterocycles. The van der Waals surface area contributed by atoms with Gasteiger partial charge < -0.3 is 4.90 Å². The molecule has 0 atom stereocenters. The summed E-state index contributed by atoms with van der Waals surface area (Å²) in [6.45, 7) is 0. The molecule has 0 saturated carbocycles. The fourth-order valence-corrected chi connectivity index (χ4v) is 0.759. The van der Waals surface area contributed by atoms with Crippen LogP contribution in [0.25, 0.3) is 0 Å². The lowest BCUT2D eigenvalue weighted by molar-refractivity contribution is 0.643. The van der Waals surface area contributed by atoms with Crippen LogP contribution in [-0.2, 0) is 0 Å². The molecule has 1 aromatic heterocycles. The number of aliphatic imine (C=N–C) groups is 1. The van der Waals surface area contributed by atoms with Gasteiger partial charge in [-0.15, -0.1) is 0 Å². The number of aromatic nitrogens is 2. The number of nitrogens with zero attached hydrogens (tertiary/aromatic N) is 4. The number of hydrogen-bond acceptors (Lipinski definition) is 3. The Labute approximate surface area is 79.5 Å². The summed E-state index contributed by atoms with van der Waals surface area (Å²) >= 11 is 3.14. The summed E-state index contributed by atoms with van der Waals surface area (Å²) in [7, 11) is 3.81. The van der Waals surface area contributed by atoms with Crippen LogP contribution in [-0.4, -0.2) is 35.3 Å². The van der Waals surface area contributed by atoms with Crippen LogP contribution >= 0.6 is 15.9 Å². The minimum atomic E-state index is 0.575. The van der Waals surface area contributed by atoms with Crippen LogP contribution in [0.2, 0.25) is 0 Å². The number of halogens is 1. The highest BCUT2D eigenvalue weighted by Crippen LogP contribution is 2.08. The highest BCUT2D eigenvalue weighted by Gasteiger charge is 1.90. The first-order valence-electron chi connectivity index (χ1n) is 3.36. The summed E-state index contributed by atoms with van der Waals surface area (Å²) < 4.78 is 0.575. The lowest BCUT2D eigenvalue weighted by Gasteiger charge is -2.01. The smallest absolute Gasteiger partial charge is 0.196 e. The first-order valence-corrected chi connectivity index (χ1v) is 4.16. The molecule has 1 heterocycles. The van der Waals surface area contributed by atoms with E-state index in [1.807, 2.05) is 19.0 Å². The summed E-state index contributed by atoms with van der Waals surface area (Å²) in [6, 6.07) is 0. The number of hydrogen-bond donors (Lipinski definition) is 0. The minimum absolute atomic E-state index is 0.575. The fourth-order valence-electron chi connectivity index (χ4n) is 0.554. The summed E-state index contributed by atoms with van der Waals surface area (Å²) in [6.07, 6.45) is 5.00. The van der Waals surface area contributed by atoms with Crippen molar-refractivity contribution >= 4 is 28.0 Å². The van der Waals surface area contributed by atoms with Crippen molar-refractivity contribution in [2.45, 2.75) is 0 Å². The zero-order valence-electron chi connectivity index (χ0n) is 6.90. The SMILES string of the molecule is CN(C)C=Nc1cnc(Br)nc1. The third kappa shape index (κ3) is 2.96. The van der Waals surface area contributed by atoms with Crippen LogP contribution in [0.4, 0.5) is 5.69 Å². The van der Waals surface area contributed by atoms with Crippen LogP contribution in [0.15, 0.2) is 22.1 Å². The van der Waals surface area contributed by atoms with Gasteiger partial charge in [-0.2, -0.15) is 0 Å².